The molecule has 1 aromatic rings. The molecule has 1 atom stereocenters. The fourth-order valence-corrected chi connectivity index (χ4v) is 4.06. The van der Waals surface area contributed by atoms with Crippen molar-refractivity contribution in [2.45, 2.75) is 45.0 Å². The molecule has 0 aliphatic carbocycles. The lowest BCUT2D eigenvalue weighted by atomic mass is 10.1. The van der Waals surface area contributed by atoms with Gasteiger partial charge in [0.05, 0.1) is 16.6 Å². The molecule has 12 heteroatoms. The predicted molar refractivity (Wildman–Crippen MR) is 117 cm³/mol. The maximum absolute atomic E-state index is 12.8. The van der Waals surface area contributed by atoms with E-state index in [4.69, 9.17) is 9.47 Å². The maximum atomic E-state index is 12.8. The first-order chi connectivity index (χ1) is 15.3. The summed E-state index contributed by atoms with van der Waals surface area (Å²) in [6.07, 6.45) is -3.16. The van der Waals surface area contributed by atoms with Crippen molar-refractivity contribution in [3.8, 4) is 5.75 Å². The van der Waals surface area contributed by atoms with Crippen molar-refractivity contribution in [2.24, 2.45) is 0 Å². The van der Waals surface area contributed by atoms with Crippen LogP contribution in [-0.2, 0) is 9.53 Å². The first-order valence-electron chi connectivity index (χ1n) is 10.1. The Morgan fingerprint density at radius 1 is 1.30 bits per heavy atom. The minimum atomic E-state index is -4.54. The molecule has 2 aliphatic rings. The molecule has 0 bridgehead atoms. The molecule has 2 aliphatic heterocycles. The summed E-state index contributed by atoms with van der Waals surface area (Å²) in [5.41, 5.74) is 0.0897. The van der Waals surface area contributed by atoms with E-state index in [1.54, 1.807) is 31.7 Å². The Balaban J connectivity index is 1.86. The van der Waals surface area contributed by atoms with Crippen LogP contribution in [0, 0.1) is 0 Å². The molecule has 0 radical (unpaired) electrons. The predicted octanol–water partition coefficient (Wildman–Crippen LogP) is 4.06. The number of nitrogens with one attached hydrogen (secondary N) is 2. The Morgan fingerprint density at radius 3 is 2.64 bits per heavy atom. The van der Waals surface area contributed by atoms with E-state index in [1.807, 2.05) is 0 Å². The largest absolute Gasteiger partial charge is 0.482 e. The van der Waals surface area contributed by atoms with Gasteiger partial charge in [0.1, 0.15) is 11.4 Å². The number of amides is 3. The molecule has 3 rings (SSSR count). The third kappa shape index (κ3) is 7.04. The quantitative estimate of drug-likeness (QED) is 0.605. The maximum Gasteiger partial charge on any atom is 0.422 e. The number of alkyl carbamates (subject to hydrolysis) is 1. The van der Waals surface area contributed by atoms with Crippen molar-refractivity contribution in [2.75, 3.05) is 24.6 Å². The molecule has 2 heterocycles. The summed E-state index contributed by atoms with van der Waals surface area (Å²) in [7, 11) is 0. The van der Waals surface area contributed by atoms with Crippen LogP contribution in [0.3, 0.4) is 0 Å². The third-order valence-electron chi connectivity index (χ3n) is 4.58. The fraction of sp³-hybridized carbons (Fsp3) is 0.476. The van der Waals surface area contributed by atoms with Gasteiger partial charge in [0.25, 0.3) is 11.1 Å². The SMILES string of the molecule is CC(C)(C)OC(=O)N[C@H]1CCN(c2c(/C=C3\SC(=O)NC3=O)cccc2OCC(F)(F)F)C1. The smallest absolute Gasteiger partial charge is 0.422 e. The molecule has 180 valence electrons. The van der Waals surface area contributed by atoms with Crippen LogP contribution in [0.4, 0.5) is 28.4 Å². The van der Waals surface area contributed by atoms with Gasteiger partial charge < -0.3 is 19.7 Å². The number of halogens is 3. The van der Waals surface area contributed by atoms with Gasteiger partial charge in [-0.25, -0.2) is 4.79 Å². The molecule has 33 heavy (non-hydrogen) atoms. The number of carbonyl (C=O) groups is 3. The number of carbonyl (C=O) groups excluding carboxylic acids is 3. The summed E-state index contributed by atoms with van der Waals surface area (Å²) in [4.78, 5) is 37.5. The number of rotatable bonds is 5. The molecule has 0 saturated carbocycles. The molecule has 8 nitrogen and oxygen atoms in total. The molecule has 2 N–H and O–H groups in total. The Hall–Kier alpha value is -2.89. The molecule has 1 aromatic carbocycles. The lowest BCUT2D eigenvalue weighted by molar-refractivity contribution is -0.153. The van der Waals surface area contributed by atoms with Gasteiger partial charge in [0, 0.05) is 18.7 Å². The second-order valence-electron chi connectivity index (χ2n) is 8.53. The molecular weight excluding hydrogens is 463 g/mol. The van der Waals surface area contributed by atoms with Crippen molar-refractivity contribution in [1.29, 1.82) is 0 Å². The van der Waals surface area contributed by atoms with Gasteiger partial charge in [-0.2, -0.15) is 13.2 Å². The highest BCUT2D eigenvalue weighted by Crippen LogP contribution is 2.38. The average molecular weight is 488 g/mol. The van der Waals surface area contributed by atoms with Crippen molar-refractivity contribution in [3.05, 3.63) is 28.7 Å². The zero-order valence-electron chi connectivity index (χ0n) is 18.2. The van der Waals surface area contributed by atoms with Gasteiger partial charge in [-0.15, -0.1) is 0 Å². The van der Waals surface area contributed by atoms with Crippen molar-refractivity contribution in [1.82, 2.24) is 10.6 Å². The van der Waals surface area contributed by atoms with Crippen molar-refractivity contribution < 1.29 is 37.0 Å². The number of thioether (sulfide) groups is 1. The molecule has 0 aromatic heterocycles. The van der Waals surface area contributed by atoms with Crippen molar-refractivity contribution >= 4 is 40.8 Å². The zero-order valence-corrected chi connectivity index (χ0v) is 19.1. The number of imide groups is 1. The monoisotopic (exact) mass is 487 g/mol. The number of para-hydroxylation sites is 1. The highest BCUT2D eigenvalue weighted by molar-refractivity contribution is 8.18. The topological polar surface area (TPSA) is 97.0 Å². The van der Waals surface area contributed by atoms with E-state index in [1.165, 1.54) is 18.2 Å². The first-order valence-corrected chi connectivity index (χ1v) is 10.9. The van der Waals surface area contributed by atoms with E-state index >= 15 is 0 Å². The third-order valence-corrected chi connectivity index (χ3v) is 5.39. The number of anilines is 1. The summed E-state index contributed by atoms with van der Waals surface area (Å²) in [5, 5.41) is 4.38. The highest BCUT2D eigenvalue weighted by atomic mass is 32.2. The van der Waals surface area contributed by atoms with Crippen LogP contribution < -0.4 is 20.3 Å². The summed E-state index contributed by atoms with van der Waals surface area (Å²) >= 11 is 0.706. The van der Waals surface area contributed by atoms with Crippen LogP contribution in [0.2, 0.25) is 0 Å². The fourth-order valence-electron chi connectivity index (χ4n) is 3.39. The molecule has 2 saturated heterocycles. The second-order valence-corrected chi connectivity index (χ2v) is 9.54. The van der Waals surface area contributed by atoms with Gasteiger partial charge in [0.2, 0.25) is 0 Å². The van der Waals surface area contributed by atoms with Crippen LogP contribution in [-0.4, -0.2) is 54.8 Å². The van der Waals surface area contributed by atoms with E-state index in [0.29, 0.717) is 42.5 Å². The number of benzene rings is 1. The molecule has 0 spiro atoms. The second kappa shape index (κ2) is 9.54. The number of hydrogen-bond acceptors (Lipinski definition) is 7. The molecule has 3 amide bonds. The van der Waals surface area contributed by atoms with E-state index in [2.05, 4.69) is 10.6 Å². The summed E-state index contributed by atoms with van der Waals surface area (Å²) in [5.74, 6) is -0.599. The highest BCUT2D eigenvalue weighted by Gasteiger charge is 2.33. The van der Waals surface area contributed by atoms with Gasteiger partial charge >= 0.3 is 12.3 Å². The minimum Gasteiger partial charge on any atom is -0.482 e. The summed E-state index contributed by atoms with van der Waals surface area (Å²) in [6.45, 7) is 4.44. The van der Waals surface area contributed by atoms with Crippen molar-refractivity contribution in [3.63, 3.8) is 0 Å². The summed E-state index contributed by atoms with van der Waals surface area (Å²) < 4.78 is 48.8. The van der Waals surface area contributed by atoms with E-state index < -0.39 is 35.6 Å². The molecule has 0 unspecified atom stereocenters. The standard InChI is InChI=1S/C21H24F3N3O5S/c1-20(2,3)32-18(29)25-13-7-8-27(10-13)16-12(9-15-17(28)26-19(30)33-15)5-4-6-14(16)31-11-21(22,23)24/h4-6,9,13H,7-8,10-11H2,1-3H3,(H,25,29)(H,26,28,30)/b15-9-/t13-/m0/s1. The number of alkyl halides is 3. The van der Waals surface area contributed by atoms with Crippen LogP contribution in [0.1, 0.15) is 32.8 Å². The minimum absolute atomic E-state index is 0.0191. The Kier molecular flexibility index (Phi) is 7.15. The van der Waals surface area contributed by atoms with E-state index in [9.17, 15) is 27.6 Å². The number of nitrogens with zero attached hydrogens (tertiary/aromatic N) is 1. The van der Waals surface area contributed by atoms with Gasteiger partial charge in [-0.3, -0.25) is 14.9 Å². The first kappa shape index (κ1) is 24.7. The molecular formula is C21H24F3N3O5S. The lowest BCUT2D eigenvalue weighted by Crippen LogP contribution is -2.40. The van der Waals surface area contributed by atoms with Gasteiger partial charge in [-0.05, 0) is 51.1 Å². The lowest BCUT2D eigenvalue weighted by Gasteiger charge is -2.25. The number of hydrogen-bond donors (Lipinski definition) is 2. The summed E-state index contributed by atoms with van der Waals surface area (Å²) in [6, 6.07) is 4.23. The Labute approximate surface area is 192 Å². The zero-order chi connectivity index (χ0) is 24.4. The van der Waals surface area contributed by atoms with Gasteiger partial charge in [0.15, 0.2) is 6.61 Å². The van der Waals surface area contributed by atoms with Crippen LogP contribution >= 0.6 is 11.8 Å². The Bertz CT molecular complexity index is 975. The normalized spacial score (nSPS) is 20.2. The van der Waals surface area contributed by atoms with E-state index in [-0.39, 0.29) is 16.7 Å². The average Bonchev–Trinajstić information content (AvgIpc) is 3.23. The van der Waals surface area contributed by atoms with Crippen LogP contribution in [0.5, 0.6) is 5.75 Å². The Morgan fingerprint density at radius 2 is 2.03 bits per heavy atom. The van der Waals surface area contributed by atoms with Gasteiger partial charge in [-0.1, -0.05) is 12.1 Å². The van der Waals surface area contributed by atoms with Crippen LogP contribution in [0.25, 0.3) is 6.08 Å². The number of ether oxygens (including phenoxy) is 2. The van der Waals surface area contributed by atoms with E-state index in [0.717, 1.165) is 0 Å². The van der Waals surface area contributed by atoms with Crippen LogP contribution in [0.15, 0.2) is 23.1 Å². The molecule has 2 fully saturated rings.